The molecule has 32 heavy (non-hydrogen) atoms. The first-order valence-electron chi connectivity index (χ1n) is 10.1. The predicted molar refractivity (Wildman–Crippen MR) is 132 cm³/mol. The van der Waals surface area contributed by atoms with Gasteiger partial charge in [-0.05, 0) is 44.2 Å². The SMILES string of the molecule is CN1CCC(Oc2cccc3ncc(C#N)c(Nc4cccc5ccoc45)c23)CC1.Cl.Cl. The summed E-state index contributed by atoms with van der Waals surface area (Å²) in [6.07, 6.45) is 5.38. The second-order valence-electron chi connectivity index (χ2n) is 7.70. The summed E-state index contributed by atoms with van der Waals surface area (Å²) in [4.78, 5) is 6.81. The summed E-state index contributed by atoms with van der Waals surface area (Å²) in [7, 11) is 2.13. The molecule has 0 atom stereocenters. The van der Waals surface area contributed by atoms with E-state index in [2.05, 4.69) is 28.3 Å². The number of nitrogens with one attached hydrogen (secondary N) is 1. The average molecular weight is 471 g/mol. The molecule has 1 aliphatic heterocycles. The lowest BCUT2D eigenvalue weighted by atomic mass is 10.1. The molecule has 0 saturated carbocycles. The zero-order valence-corrected chi connectivity index (χ0v) is 19.2. The number of piperidine rings is 1. The van der Waals surface area contributed by atoms with Crippen LogP contribution in [0.3, 0.4) is 0 Å². The summed E-state index contributed by atoms with van der Waals surface area (Å²) in [5, 5.41) is 15.0. The number of nitriles is 1. The van der Waals surface area contributed by atoms with Gasteiger partial charge in [0.2, 0.25) is 0 Å². The standard InChI is InChI=1S/C24H22N4O2.2ClH/c1-28-11-8-18(9-12-28)30-21-7-3-5-19-22(21)23(17(14-25)15-26-19)27-20-6-2-4-16-10-13-29-24(16)20;;/h2-7,10,13,15,18H,8-9,11-12H2,1H3,(H,26,27);2*1H. The van der Waals surface area contributed by atoms with Gasteiger partial charge in [-0.15, -0.1) is 24.8 Å². The van der Waals surface area contributed by atoms with Crippen LogP contribution in [0.15, 0.2) is 59.3 Å². The highest BCUT2D eigenvalue weighted by Gasteiger charge is 2.21. The van der Waals surface area contributed by atoms with Gasteiger partial charge < -0.3 is 19.4 Å². The Labute approximate surface area is 199 Å². The van der Waals surface area contributed by atoms with Gasteiger partial charge in [-0.25, -0.2) is 0 Å². The summed E-state index contributed by atoms with van der Waals surface area (Å²) >= 11 is 0. The van der Waals surface area contributed by atoms with Crippen molar-refractivity contribution in [2.75, 3.05) is 25.5 Å². The van der Waals surface area contributed by atoms with Crippen LogP contribution in [-0.2, 0) is 0 Å². The third-order valence-electron chi connectivity index (χ3n) is 5.67. The van der Waals surface area contributed by atoms with E-state index in [0.29, 0.717) is 11.3 Å². The topological polar surface area (TPSA) is 74.3 Å². The van der Waals surface area contributed by atoms with E-state index >= 15 is 0 Å². The molecule has 4 aromatic rings. The number of pyridine rings is 1. The minimum absolute atomic E-state index is 0. The molecule has 6 nitrogen and oxygen atoms in total. The molecule has 166 valence electrons. The monoisotopic (exact) mass is 470 g/mol. The Morgan fingerprint density at radius 1 is 1.12 bits per heavy atom. The first kappa shape index (κ1) is 23.7. The second-order valence-corrected chi connectivity index (χ2v) is 7.70. The first-order chi connectivity index (χ1) is 14.7. The van der Waals surface area contributed by atoms with Crippen molar-refractivity contribution in [3.05, 3.63) is 60.5 Å². The van der Waals surface area contributed by atoms with Gasteiger partial charge in [-0.3, -0.25) is 4.98 Å². The highest BCUT2D eigenvalue weighted by Crippen LogP contribution is 2.38. The van der Waals surface area contributed by atoms with Crippen molar-refractivity contribution in [2.24, 2.45) is 0 Å². The number of hydrogen-bond donors (Lipinski definition) is 1. The van der Waals surface area contributed by atoms with Gasteiger partial charge in [-0.2, -0.15) is 5.26 Å². The number of likely N-dealkylation sites (tertiary alicyclic amines) is 1. The molecule has 0 radical (unpaired) electrons. The third kappa shape index (κ3) is 4.46. The third-order valence-corrected chi connectivity index (χ3v) is 5.67. The molecule has 5 rings (SSSR count). The van der Waals surface area contributed by atoms with Crippen LogP contribution in [0.1, 0.15) is 18.4 Å². The van der Waals surface area contributed by atoms with Crippen molar-refractivity contribution in [1.29, 1.82) is 5.26 Å². The number of fused-ring (bicyclic) bond motifs is 2. The van der Waals surface area contributed by atoms with E-state index in [1.165, 1.54) is 0 Å². The molecule has 2 aromatic heterocycles. The quantitative estimate of drug-likeness (QED) is 0.399. The molecular weight excluding hydrogens is 447 g/mol. The van der Waals surface area contributed by atoms with Gasteiger partial charge in [-0.1, -0.05) is 18.2 Å². The fourth-order valence-corrected chi connectivity index (χ4v) is 4.03. The molecule has 1 N–H and O–H groups in total. The van der Waals surface area contributed by atoms with Crippen molar-refractivity contribution >= 4 is 58.1 Å². The smallest absolute Gasteiger partial charge is 0.157 e. The molecule has 3 heterocycles. The maximum Gasteiger partial charge on any atom is 0.157 e. The fraction of sp³-hybridized carbons (Fsp3) is 0.250. The van der Waals surface area contributed by atoms with Crippen molar-refractivity contribution in [1.82, 2.24) is 9.88 Å². The summed E-state index contributed by atoms with van der Waals surface area (Å²) in [6.45, 7) is 2.03. The molecule has 0 amide bonds. The van der Waals surface area contributed by atoms with E-state index < -0.39 is 0 Å². The number of nitrogens with zero attached hydrogens (tertiary/aromatic N) is 3. The number of anilines is 2. The Morgan fingerprint density at radius 3 is 2.69 bits per heavy atom. The van der Waals surface area contributed by atoms with Gasteiger partial charge >= 0.3 is 0 Å². The van der Waals surface area contributed by atoms with Crippen molar-refractivity contribution in [3.63, 3.8) is 0 Å². The number of para-hydroxylation sites is 1. The zero-order valence-electron chi connectivity index (χ0n) is 17.6. The molecule has 0 aliphatic carbocycles. The van der Waals surface area contributed by atoms with E-state index in [4.69, 9.17) is 9.15 Å². The summed E-state index contributed by atoms with van der Waals surface area (Å²) < 4.78 is 12.1. The highest BCUT2D eigenvalue weighted by molar-refractivity contribution is 6.02. The number of benzene rings is 2. The van der Waals surface area contributed by atoms with E-state index in [1.54, 1.807) is 12.5 Å². The first-order valence-corrected chi connectivity index (χ1v) is 10.1. The molecule has 8 heteroatoms. The van der Waals surface area contributed by atoms with E-state index in [1.807, 2.05) is 42.5 Å². The van der Waals surface area contributed by atoms with Crippen molar-refractivity contribution < 1.29 is 9.15 Å². The van der Waals surface area contributed by atoms with Gasteiger partial charge in [0.1, 0.15) is 17.9 Å². The number of hydrogen-bond acceptors (Lipinski definition) is 6. The van der Waals surface area contributed by atoms with Gasteiger partial charge in [0, 0.05) is 24.7 Å². The largest absolute Gasteiger partial charge is 0.490 e. The van der Waals surface area contributed by atoms with Crippen molar-refractivity contribution in [3.8, 4) is 11.8 Å². The van der Waals surface area contributed by atoms with Crippen LogP contribution in [0.4, 0.5) is 11.4 Å². The molecule has 1 saturated heterocycles. The minimum Gasteiger partial charge on any atom is -0.490 e. The van der Waals surface area contributed by atoms with Crippen LogP contribution in [0, 0.1) is 11.3 Å². The molecule has 0 unspecified atom stereocenters. The average Bonchev–Trinajstić information content (AvgIpc) is 3.25. The van der Waals surface area contributed by atoms with Gasteiger partial charge in [0.25, 0.3) is 0 Å². The lowest BCUT2D eigenvalue weighted by molar-refractivity contribution is 0.116. The Balaban J connectivity index is 0.00000144. The lowest BCUT2D eigenvalue weighted by Gasteiger charge is -2.29. The molecule has 1 aliphatic rings. The number of rotatable bonds is 4. The van der Waals surface area contributed by atoms with Crippen molar-refractivity contribution in [2.45, 2.75) is 18.9 Å². The number of furan rings is 1. The Bertz CT molecular complexity index is 1260. The maximum absolute atomic E-state index is 9.77. The molecule has 0 bridgehead atoms. The maximum atomic E-state index is 9.77. The predicted octanol–water partition coefficient (Wildman–Crippen LogP) is 5.91. The highest BCUT2D eigenvalue weighted by atomic mass is 35.5. The Morgan fingerprint density at radius 2 is 1.91 bits per heavy atom. The van der Waals surface area contributed by atoms with Crippen LogP contribution in [0.2, 0.25) is 0 Å². The van der Waals surface area contributed by atoms with Crippen LogP contribution in [0.5, 0.6) is 5.75 Å². The number of halogens is 2. The number of ether oxygens (including phenoxy) is 1. The molecular formula is C24H24Cl2N4O2. The van der Waals surface area contributed by atoms with E-state index in [-0.39, 0.29) is 30.9 Å². The van der Waals surface area contributed by atoms with E-state index in [0.717, 1.165) is 59.2 Å². The van der Waals surface area contributed by atoms with Crippen LogP contribution >= 0.6 is 24.8 Å². The minimum atomic E-state index is 0. The van der Waals surface area contributed by atoms with Gasteiger partial charge in [0.05, 0.1) is 34.1 Å². The zero-order chi connectivity index (χ0) is 20.5. The summed E-state index contributed by atoms with van der Waals surface area (Å²) in [5.74, 6) is 0.751. The molecule has 2 aromatic carbocycles. The Kier molecular flexibility index (Phi) is 7.47. The molecule has 1 fully saturated rings. The summed E-state index contributed by atoms with van der Waals surface area (Å²) in [5.41, 5.74) is 3.49. The second kappa shape index (κ2) is 10.1. The number of aromatic nitrogens is 1. The van der Waals surface area contributed by atoms with Crippen LogP contribution < -0.4 is 10.1 Å². The van der Waals surface area contributed by atoms with Crippen LogP contribution in [-0.4, -0.2) is 36.1 Å². The molecule has 0 spiro atoms. The fourth-order valence-electron chi connectivity index (χ4n) is 4.03. The normalized spacial score (nSPS) is 14.4. The summed E-state index contributed by atoms with van der Waals surface area (Å²) in [6, 6.07) is 15.9. The van der Waals surface area contributed by atoms with Gasteiger partial charge in [0.15, 0.2) is 5.58 Å². The lowest BCUT2D eigenvalue weighted by Crippen LogP contribution is -2.35. The Hall–Kier alpha value is -2.98. The van der Waals surface area contributed by atoms with Crippen LogP contribution in [0.25, 0.3) is 21.9 Å². The van der Waals surface area contributed by atoms with E-state index in [9.17, 15) is 5.26 Å².